The maximum atomic E-state index is 6.17. The molecule has 4 nitrogen and oxygen atoms in total. The van der Waals surface area contributed by atoms with Crippen molar-refractivity contribution in [1.29, 1.82) is 0 Å². The molecule has 4 rings (SSSR count). The van der Waals surface area contributed by atoms with Crippen molar-refractivity contribution < 1.29 is 9.31 Å². The lowest BCUT2D eigenvalue weighted by Gasteiger charge is -2.32. The fourth-order valence-corrected chi connectivity index (χ4v) is 3.89. The van der Waals surface area contributed by atoms with Crippen LogP contribution >= 0.6 is 31.9 Å². The van der Waals surface area contributed by atoms with E-state index in [0.717, 1.165) is 37.2 Å². The molecule has 0 saturated carbocycles. The van der Waals surface area contributed by atoms with E-state index in [0.29, 0.717) is 0 Å². The van der Waals surface area contributed by atoms with Crippen molar-refractivity contribution >= 4 is 54.6 Å². The highest BCUT2D eigenvalue weighted by Crippen LogP contribution is 2.37. The summed E-state index contributed by atoms with van der Waals surface area (Å²) in [5, 5.41) is 0. The van der Waals surface area contributed by atoms with Gasteiger partial charge in [-0.1, -0.05) is 24.3 Å². The SMILES string of the molecule is CC1(C)OB(c2ccc(/C(=C3\C=CC(Br)=N3)c3ccc(Br)[nH]3)cc2)OC1(C)C. The fraction of sp³-hybridized carbons (Fsp3) is 0.286. The van der Waals surface area contributed by atoms with E-state index < -0.39 is 0 Å². The molecule has 0 bridgehead atoms. The topological polar surface area (TPSA) is 46.6 Å². The summed E-state index contributed by atoms with van der Waals surface area (Å²) in [6, 6.07) is 12.3. The summed E-state index contributed by atoms with van der Waals surface area (Å²) >= 11 is 6.95. The van der Waals surface area contributed by atoms with E-state index in [-0.39, 0.29) is 18.3 Å². The molecule has 28 heavy (non-hydrogen) atoms. The van der Waals surface area contributed by atoms with Crippen LogP contribution in [0.25, 0.3) is 5.57 Å². The number of benzene rings is 1. The van der Waals surface area contributed by atoms with Gasteiger partial charge in [-0.2, -0.15) is 0 Å². The first kappa shape index (κ1) is 19.9. The van der Waals surface area contributed by atoms with Gasteiger partial charge in [0.1, 0.15) is 4.62 Å². The number of halogens is 2. The highest BCUT2D eigenvalue weighted by Gasteiger charge is 2.51. The number of aromatic nitrogens is 1. The Morgan fingerprint density at radius 3 is 2.07 bits per heavy atom. The highest BCUT2D eigenvalue weighted by molar-refractivity contribution is 9.18. The molecule has 1 aromatic heterocycles. The van der Waals surface area contributed by atoms with E-state index in [1.165, 1.54) is 0 Å². The van der Waals surface area contributed by atoms with Gasteiger partial charge in [0.25, 0.3) is 0 Å². The van der Waals surface area contributed by atoms with Crippen LogP contribution in [0.5, 0.6) is 0 Å². The maximum Gasteiger partial charge on any atom is 0.494 e. The number of rotatable bonds is 3. The third-order valence-electron chi connectivity index (χ3n) is 5.51. The molecule has 0 spiro atoms. The maximum absolute atomic E-state index is 6.17. The minimum atomic E-state index is -0.367. The molecule has 7 heteroatoms. The number of allylic oxidation sites excluding steroid dienone is 2. The Hall–Kier alpha value is -1.41. The van der Waals surface area contributed by atoms with Crippen LogP contribution < -0.4 is 5.46 Å². The van der Waals surface area contributed by atoms with Crippen molar-refractivity contribution in [2.45, 2.75) is 38.9 Å². The number of nitrogens with zero attached hydrogens (tertiary/aromatic N) is 1. The van der Waals surface area contributed by atoms with Crippen LogP contribution in [0.1, 0.15) is 39.0 Å². The zero-order valence-electron chi connectivity index (χ0n) is 16.2. The second kappa shape index (κ2) is 7.13. The van der Waals surface area contributed by atoms with E-state index in [1.54, 1.807) is 0 Å². The van der Waals surface area contributed by atoms with Crippen LogP contribution in [0.3, 0.4) is 0 Å². The van der Waals surface area contributed by atoms with E-state index >= 15 is 0 Å². The number of nitrogens with one attached hydrogen (secondary N) is 1. The third kappa shape index (κ3) is 3.61. The van der Waals surface area contributed by atoms with Crippen LogP contribution in [-0.4, -0.2) is 27.9 Å². The Balaban J connectivity index is 1.70. The molecule has 0 amide bonds. The highest BCUT2D eigenvalue weighted by atomic mass is 79.9. The summed E-state index contributed by atoms with van der Waals surface area (Å²) in [7, 11) is -0.367. The minimum Gasteiger partial charge on any atom is -0.399 e. The molecule has 0 aliphatic carbocycles. The predicted octanol–water partition coefficient (Wildman–Crippen LogP) is 5.20. The molecule has 0 radical (unpaired) electrons. The summed E-state index contributed by atoms with van der Waals surface area (Å²) in [5.41, 5.74) is 4.32. The molecule has 144 valence electrons. The van der Waals surface area contributed by atoms with Gasteiger partial charge in [0.2, 0.25) is 0 Å². The minimum absolute atomic E-state index is 0.352. The Labute approximate surface area is 182 Å². The van der Waals surface area contributed by atoms with Gasteiger partial charge in [-0.15, -0.1) is 0 Å². The fourth-order valence-electron chi connectivity index (χ4n) is 3.22. The van der Waals surface area contributed by atoms with Crippen LogP contribution in [0.15, 0.2) is 63.8 Å². The van der Waals surface area contributed by atoms with Crippen LogP contribution in [0.2, 0.25) is 0 Å². The summed E-state index contributed by atoms with van der Waals surface area (Å²) in [6.07, 6.45) is 3.96. The first-order valence-electron chi connectivity index (χ1n) is 9.14. The van der Waals surface area contributed by atoms with Gasteiger partial charge >= 0.3 is 7.12 Å². The molecule has 1 fully saturated rings. The van der Waals surface area contributed by atoms with Gasteiger partial charge in [-0.25, -0.2) is 4.99 Å². The average molecular weight is 504 g/mol. The number of aliphatic imine (C=N–C) groups is 1. The molecule has 1 aromatic carbocycles. The Morgan fingerprint density at radius 2 is 1.57 bits per heavy atom. The Morgan fingerprint density at radius 1 is 0.929 bits per heavy atom. The monoisotopic (exact) mass is 502 g/mol. The zero-order valence-corrected chi connectivity index (χ0v) is 19.4. The molecule has 0 unspecified atom stereocenters. The van der Waals surface area contributed by atoms with Crippen LogP contribution in [0.4, 0.5) is 0 Å². The van der Waals surface area contributed by atoms with Gasteiger partial charge < -0.3 is 14.3 Å². The van der Waals surface area contributed by atoms with E-state index in [1.807, 2.05) is 24.3 Å². The molecule has 1 saturated heterocycles. The van der Waals surface area contributed by atoms with Crippen molar-refractivity contribution in [1.82, 2.24) is 4.98 Å². The van der Waals surface area contributed by atoms with Crippen LogP contribution in [-0.2, 0) is 9.31 Å². The molecular formula is C21H21BBr2N2O2. The normalized spacial score (nSPS) is 21.9. The van der Waals surface area contributed by atoms with Crippen molar-refractivity contribution in [3.63, 3.8) is 0 Å². The van der Waals surface area contributed by atoms with Gasteiger partial charge in [-0.3, -0.25) is 0 Å². The van der Waals surface area contributed by atoms with Crippen LogP contribution in [0, 0.1) is 0 Å². The Kier molecular flexibility index (Phi) is 5.07. The predicted molar refractivity (Wildman–Crippen MR) is 122 cm³/mol. The van der Waals surface area contributed by atoms with Crippen molar-refractivity contribution in [2.24, 2.45) is 4.99 Å². The average Bonchev–Trinajstić information content (AvgIpc) is 3.28. The first-order valence-corrected chi connectivity index (χ1v) is 10.7. The van der Waals surface area contributed by atoms with Gasteiger partial charge in [0, 0.05) is 11.3 Å². The van der Waals surface area contributed by atoms with E-state index in [4.69, 9.17) is 9.31 Å². The quantitative estimate of drug-likeness (QED) is 0.585. The number of aromatic amines is 1. The smallest absolute Gasteiger partial charge is 0.399 e. The molecular weight excluding hydrogens is 483 g/mol. The van der Waals surface area contributed by atoms with E-state index in [2.05, 4.69) is 93.8 Å². The van der Waals surface area contributed by atoms with Crippen molar-refractivity contribution in [2.75, 3.05) is 0 Å². The van der Waals surface area contributed by atoms with Crippen molar-refractivity contribution in [3.8, 4) is 0 Å². The second-order valence-electron chi connectivity index (χ2n) is 7.96. The van der Waals surface area contributed by atoms with Gasteiger partial charge in [-0.05, 0) is 94.9 Å². The summed E-state index contributed by atoms with van der Waals surface area (Å²) in [6.45, 7) is 8.26. The lowest BCUT2D eigenvalue weighted by atomic mass is 9.78. The molecule has 2 aromatic rings. The molecule has 3 heterocycles. The number of hydrogen-bond acceptors (Lipinski definition) is 3. The van der Waals surface area contributed by atoms with Crippen molar-refractivity contribution in [3.05, 3.63) is 70.1 Å². The van der Waals surface area contributed by atoms with Gasteiger partial charge in [0.05, 0.1) is 21.5 Å². The third-order valence-corrected chi connectivity index (χ3v) is 6.41. The second-order valence-corrected chi connectivity index (χ2v) is 9.63. The molecule has 1 N–H and O–H groups in total. The Bertz CT molecular complexity index is 988. The largest absolute Gasteiger partial charge is 0.494 e. The lowest BCUT2D eigenvalue weighted by molar-refractivity contribution is 0.00578. The zero-order chi connectivity index (χ0) is 20.1. The molecule has 2 aliphatic rings. The summed E-state index contributed by atoms with van der Waals surface area (Å²) in [5.74, 6) is 0. The number of hydrogen-bond donors (Lipinski definition) is 1. The summed E-state index contributed by atoms with van der Waals surface area (Å²) < 4.78 is 14.1. The standard InChI is InChI=1S/C21H21BBr2N2O2/c1-20(2)21(3,4)28-22(27-20)14-7-5-13(6-8-14)19(15-9-11-17(23)25-15)16-10-12-18(24)26-16/h5-12,25H,1-4H3/b19-16-. The lowest BCUT2D eigenvalue weighted by Crippen LogP contribution is -2.41. The van der Waals surface area contributed by atoms with Gasteiger partial charge in [0.15, 0.2) is 0 Å². The summed E-state index contributed by atoms with van der Waals surface area (Å²) in [4.78, 5) is 7.95. The first-order chi connectivity index (χ1) is 13.2. The molecule has 0 atom stereocenters. The molecule has 2 aliphatic heterocycles. The number of H-pyrrole nitrogens is 1. The van der Waals surface area contributed by atoms with E-state index in [9.17, 15) is 0 Å².